The van der Waals surface area contributed by atoms with Crippen LogP contribution in [0.5, 0.6) is 0 Å². The Morgan fingerprint density at radius 2 is 1.12 bits per heavy atom. The van der Waals surface area contributed by atoms with Gasteiger partial charge >= 0.3 is 0 Å². The molecule has 0 atom stereocenters. The minimum Gasteiger partial charge on any atom is -0.334 e. The van der Waals surface area contributed by atoms with Crippen LogP contribution in [-0.4, -0.2) is 11.8 Å². The number of hydrogen-bond acceptors (Lipinski definition) is 2. The number of hydrogen-bond donors (Lipinski definition) is 2. The topological polar surface area (TPSA) is 58.2 Å². The summed E-state index contributed by atoms with van der Waals surface area (Å²) in [5.41, 5.74) is 2.82. The first-order chi connectivity index (χ1) is 20.4. The smallest absolute Gasteiger partial charge is 0.253 e. The van der Waals surface area contributed by atoms with Crippen molar-refractivity contribution >= 4 is 33.4 Å². The van der Waals surface area contributed by atoms with Crippen LogP contribution in [0.1, 0.15) is 65.6 Å². The Balaban J connectivity index is 1.23. The molecular weight excluding hydrogens is 584 g/mol. The standard InChI is InChI=1S/C37H35BrN2O2/c38-33-17-16-31(39-35(42)36-22-25-18-26(23-36)20-27(19-25)24-36)21-32(33)34(41)40-37(28-10-4-1-5-11-28,29-12-6-2-7-13-29)30-14-8-3-9-15-30/h1-17,21,25-27H,18-20,22-24H2,(H,39,42)(H,40,41). The third-order valence-corrected chi connectivity index (χ3v) is 10.6. The Bertz CT molecular complexity index is 1470. The van der Waals surface area contributed by atoms with Gasteiger partial charge in [0, 0.05) is 10.2 Å². The van der Waals surface area contributed by atoms with Crippen molar-refractivity contribution in [3.8, 4) is 0 Å². The van der Waals surface area contributed by atoms with Crippen molar-refractivity contribution in [2.75, 3.05) is 5.32 Å². The normalized spacial score (nSPS) is 24.3. The fourth-order valence-corrected chi connectivity index (χ4v) is 8.87. The number of nitrogens with one attached hydrogen (secondary N) is 2. The van der Waals surface area contributed by atoms with Gasteiger partial charge in [-0.2, -0.15) is 0 Å². The lowest BCUT2D eigenvalue weighted by molar-refractivity contribution is -0.140. The third-order valence-electron chi connectivity index (χ3n) is 9.91. The summed E-state index contributed by atoms with van der Waals surface area (Å²) >= 11 is 3.63. The number of benzene rings is 4. The van der Waals surface area contributed by atoms with Crippen molar-refractivity contribution in [3.05, 3.63) is 136 Å². The average Bonchev–Trinajstić information content (AvgIpc) is 3.01. The molecule has 4 aliphatic rings. The Kier molecular flexibility index (Phi) is 7.02. The molecule has 0 saturated heterocycles. The molecule has 0 heterocycles. The maximum atomic E-state index is 14.3. The molecule has 0 aliphatic heterocycles. The van der Waals surface area contributed by atoms with Crippen LogP contribution >= 0.6 is 15.9 Å². The van der Waals surface area contributed by atoms with Gasteiger partial charge in [0.2, 0.25) is 5.91 Å². The van der Waals surface area contributed by atoms with E-state index in [9.17, 15) is 9.59 Å². The molecule has 0 spiro atoms. The molecule has 212 valence electrons. The third kappa shape index (κ3) is 4.78. The van der Waals surface area contributed by atoms with Crippen molar-refractivity contribution in [2.24, 2.45) is 23.2 Å². The van der Waals surface area contributed by atoms with Gasteiger partial charge in [-0.1, -0.05) is 91.0 Å². The van der Waals surface area contributed by atoms with Crippen molar-refractivity contribution in [1.29, 1.82) is 0 Å². The lowest BCUT2D eigenvalue weighted by atomic mass is 9.49. The van der Waals surface area contributed by atoms with E-state index in [1.54, 1.807) is 0 Å². The van der Waals surface area contributed by atoms with Crippen LogP contribution in [0.2, 0.25) is 0 Å². The Morgan fingerprint density at radius 1 is 0.667 bits per heavy atom. The van der Waals surface area contributed by atoms with Gasteiger partial charge in [-0.3, -0.25) is 9.59 Å². The first-order valence-corrected chi connectivity index (χ1v) is 15.8. The van der Waals surface area contributed by atoms with Gasteiger partial charge in [-0.05, 0) is 107 Å². The zero-order chi connectivity index (χ0) is 28.7. The monoisotopic (exact) mass is 618 g/mol. The minimum absolute atomic E-state index is 0.127. The molecule has 4 aliphatic carbocycles. The zero-order valence-corrected chi connectivity index (χ0v) is 25.1. The van der Waals surface area contributed by atoms with Crippen molar-refractivity contribution in [2.45, 2.75) is 44.1 Å². The maximum absolute atomic E-state index is 14.3. The van der Waals surface area contributed by atoms with Crippen LogP contribution in [0.15, 0.2) is 114 Å². The zero-order valence-electron chi connectivity index (χ0n) is 23.6. The molecular formula is C37H35BrN2O2. The van der Waals surface area contributed by atoms with Crippen molar-refractivity contribution < 1.29 is 9.59 Å². The molecule has 4 fully saturated rings. The van der Waals surface area contributed by atoms with Crippen LogP contribution < -0.4 is 10.6 Å². The summed E-state index contributed by atoms with van der Waals surface area (Å²) in [6.45, 7) is 0. The summed E-state index contributed by atoms with van der Waals surface area (Å²) in [7, 11) is 0. The van der Waals surface area contributed by atoms with Gasteiger partial charge in [-0.15, -0.1) is 0 Å². The predicted molar refractivity (Wildman–Crippen MR) is 170 cm³/mol. The van der Waals surface area contributed by atoms with Crippen LogP contribution in [0.3, 0.4) is 0 Å². The molecule has 2 N–H and O–H groups in total. The molecule has 4 aromatic rings. The predicted octanol–water partition coefficient (Wildman–Crippen LogP) is 8.33. The molecule has 0 aromatic heterocycles. The first-order valence-electron chi connectivity index (χ1n) is 15.1. The highest BCUT2D eigenvalue weighted by Crippen LogP contribution is 2.60. The quantitative estimate of drug-likeness (QED) is 0.205. The van der Waals surface area contributed by atoms with E-state index in [2.05, 4.69) is 63.0 Å². The van der Waals surface area contributed by atoms with Gasteiger partial charge < -0.3 is 10.6 Å². The van der Waals surface area contributed by atoms with E-state index in [4.69, 9.17) is 0 Å². The molecule has 5 heteroatoms. The van der Waals surface area contributed by atoms with E-state index in [1.165, 1.54) is 19.3 Å². The number of carbonyl (C=O) groups is 2. The molecule has 0 radical (unpaired) electrons. The highest BCUT2D eigenvalue weighted by Gasteiger charge is 2.54. The Morgan fingerprint density at radius 3 is 1.57 bits per heavy atom. The highest BCUT2D eigenvalue weighted by molar-refractivity contribution is 9.10. The molecule has 4 saturated carbocycles. The minimum atomic E-state index is -0.932. The number of carbonyl (C=O) groups excluding carboxylic acids is 2. The van der Waals surface area contributed by atoms with Crippen molar-refractivity contribution in [1.82, 2.24) is 5.32 Å². The highest BCUT2D eigenvalue weighted by atomic mass is 79.9. The lowest BCUT2D eigenvalue weighted by Gasteiger charge is -2.55. The number of rotatable bonds is 7. The number of anilines is 1. The van der Waals surface area contributed by atoms with Crippen LogP contribution in [0.4, 0.5) is 5.69 Å². The number of halogens is 1. The second kappa shape index (κ2) is 10.9. The summed E-state index contributed by atoms with van der Waals surface area (Å²) in [6, 6.07) is 35.8. The maximum Gasteiger partial charge on any atom is 0.253 e. The largest absolute Gasteiger partial charge is 0.334 e. The summed E-state index contributed by atoms with van der Waals surface area (Å²) < 4.78 is 0.677. The van der Waals surface area contributed by atoms with Crippen LogP contribution in [0.25, 0.3) is 0 Å². The first kappa shape index (κ1) is 27.2. The van der Waals surface area contributed by atoms with Gasteiger partial charge in [0.15, 0.2) is 0 Å². The van der Waals surface area contributed by atoms with E-state index in [1.807, 2.05) is 72.8 Å². The van der Waals surface area contributed by atoms with Gasteiger partial charge in [0.05, 0.1) is 11.0 Å². The fourth-order valence-electron chi connectivity index (χ4n) is 8.45. The van der Waals surface area contributed by atoms with Crippen LogP contribution in [0, 0.1) is 23.2 Å². The molecule has 4 bridgehead atoms. The summed E-state index contributed by atoms with van der Waals surface area (Å²) in [5.74, 6) is 1.97. The van der Waals surface area contributed by atoms with Crippen molar-refractivity contribution in [3.63, 3.8) is 0 Å². The molecule has 4 aromatic carbocycles. The van der Waals surface area contributed by atoms with E-state index in [0.29, 0.717) is 33.5 Å². The second-order valence-corrected chi connectivity index (χ2v) is 13.5. The number of amides is 2. The SMILES string of the molecule is O=C(NC(c1ccccc1)(c1ccccc1)c1ccccc1)c1cc(NC(=O)C23CC4CC(CC(C4)C2)C3)ccc1Br. The van der Waals surface area contributed by atoms with E-state index in [-0.39, 0.29) is 17.2 Å². The molecule has 0 unspecified atom stereocenters. The summed E-state index contributed by atoms with van der Waals surface area (Å²) in [6.07, 6.45) is 6.89. The van der Waals surface area contributed by atoms with E-state index >= 15 is 0 Å². The molecule has 8 rings (SSSR count). The average molecular weight is 620 g/mol. The molecule has 2 amide bonds. The van der Waals surface area contributed by atoms with Gasteiger partial charge in [0.1, 0.15) is 5.54 Å². The van der Waals surface area contributed by atoms with E-state index in [0.717, 1.165) is 36.0 Å². The Labute approximate surface area is 256 Å². The van der Waals surface area contributed by atoms with Crippen LogP contribution in [-0.2, 0) is 10.3 Å². The van der Waals surface area contributed by atoms with Gasteiger partial charge in [0.25, 0.3) is 5.91 Å². The van der Waals surface area contributed by atoms with Gasteiger partial charge in [-0.25, -0.2) is 0 Å². The molecule has 42 heavy (non-hydrogen) atoms. The van der Waals surface area contributed by atoms with E-state index < -0.39 is 5.54 Å². The fraction of sp³-hybridized carbons (Fsp3) is 0.297. The summed E-state index contributed by atoms with van der Waals surface area (Å²) in [5, 5.41) is 6.68. The Hall–Kier alpha value is -3.70. The lowest BCUT2D eigenvalue weighted by Crippen LogP contribution is -2.51. The second-order valence-electron chi connectivity index (χ2n) is 12.6. The molecule has 4 nitrogen and oxygen atoms in total. The summed E-state index contributed by atoms with van der Waals surface area (Å²) in [4.78, 5) is 28.1.